The third-order valence-electron chi connectivity index (χ3n) is 11.0. The molecule has 0 radical (unpaired) electrons. The molecule has 12 aromatic rings. The van der Waals surface area contributed by atoms with Crippen molar-refractivity contribution in [1.29, 1.82) is 0 Å². The SMILES string of the molecule is c1ccc(-c2cc(-c3cccc4c3oc3ccccc34)nc(-c3cc(-n4c5ccccc5c5cc6ccccc6cc54)cc4oc5ccccc5c34)n2)cc1. The number of hydrogen-bond donors (Lipinski definition) is 0. The molecule has 0 atom stereocenters. The van der Waals surface area contributed by atoms with E-state index in [0.717, 1.165) is 88.7 Å². The summed E-state index contributed by atoms with van der Waals surface area (Å²) in [6.07, 6.45) is 0. The molecule has 4 aromatic heterocycles. The molecule has 0 saturated heterocycles. The molecule has 0 bridgehead atoms. The molecule has 12 rings (SSSR count). The Kier molecular flexibility index (Phi) is 6.27. The lowest BCUT2D eigenvalue weighted by atomic mass is 10.0. The van der Waals surface area contributed by atoms with E-state index >= 15 is 0 Å². The molecule has 0 fully saturated rings. The lowest BCUT2D eigenvalue weighted by Crippen LogP contribution is -1.99. The van der Waals surface area contributed by atoms with Gasteiger partial charge in [-0.05, 0) is 59.3 Å². The summed E-state index contributed by atoms with van der Waals surface area (Å²) in [5.41, 5.74) is 10.9. The van der Waals surface area contributed by atoms with E-state index < -0.39 is 0 Å². The number of rotatable bonds is 4. The van der Waals surface area contributed by atoms with E-state index in [1.165, 1.54) is 21.5 Å². The summed E-state index contributed by atoms with van der Waals surface area (Å²) in [4.78, 5) is 10.8. The minimum absolute atomic E-state index is 0.606. The van der Waals surface area contributed by atoms with Crippen molar-refractivity contribution in [2.75, 3.05) is 0 Å². The number of hydrogen-bond acceptors (Lipinski definition) is 4. The van der Waals surface area contributed by atoms with Gasteiger partial charge in [0.2, 0.25) is 0 Å². The first kappa shape index (κ1) is 30.0. The summed E-state index contributed by atoms with van der Waals surface area (Å²) < 4.78 is 15.6. The summed E-state index contributed by atoms with van der Waals surface area (Å²) in [5, 5.41) is 8.92. The Morgan fingerprint density at radius 3 is 1.93 bits per heavy atom. The average Bonchev–Trinajstić information content (AvgIpc) is 3.92. The van der Waals surface area contributed by atoms with Crippen molar-refractivity contribution in [1.82, 2.24) is 14.5 Å². The van der Waals surface area contributed by atoms with Crippen LogP contribution in [0.4, 0.5) is 0 Å². The van der Waals surface area contributed by atoms with Gasteiger partial charge in [0.25, 0.3) is 0 Å². The van der Waals surface area contributed by atoms with Crippen LogP contribution in [0.15, 0.2) is 185 Å². The second-order valence-electron chi connectivity index (χ2n) is 14.1. The van der Waals surface area contributed by atoms with Crippen LogP contribution in [0, 0.1) is 0 Å². The molecule has 8 aromatic carbocycles. The Morgan fingerprint density at radius 2 is 1.07 bits per heavy atom. The highest BCUT2D eigenvalue weighted by Gasteiger charge is 2.22. The molecular weight excluding hydrogens is 675 g/mol. The van der Waals surface area contributed by atoms with Crippen LogP contribution < -0.4 is 0 Å². The average molecular weight is 704 g/mol. The summed E-state index contributed by atoms with van der Waals surface area (Å²) in [6.45, 7) is 0. The Bertz CT molecular complexity index is 3500. The fraction of sp³-hybridized carbons (Fsp3) is 0. The maximum absolute atomic E-state index is 6.68. The molecule has 5 heteroatoms. The van der Waals surface area contributed by atoms with Gasteiger partial charge in [-0.2, -0.15) is 0 Å². The number of furan rings is 2. The molecule has 0 aliphatic heterocycles. The van der Waals surface area contributed by atoms with E-state index in [1.807, 2.05) is 48.5 Å². The first-order valence-electron chi connectivity index (χ1n) is 18.5. The maximum atomic E-state index is 6.68. The highest BCUT2D eigenvalue weighted by molar-refractivity contribution is 6.16. The Balaban J connectivity index is 1.19. The van der Waals surface area contributed by atoms with Crippen molar-refractivity contribution in [3.05, 3.63) is 176 Å². The summed E-state index contributed by atoms with van der Waals surface area (Å²) in [6, 6.07) is 61.3. The van der Waals surface area contributed by atoms with Crippen LogP contribution in [0.1, 0.15) is 0 Å². The van der Waals surface area contributed by atoms with Crippen LogP contribution in [-0.2, 0) is 0 Å². The van der Waals surface area contributed by atoms with Gasteiger partial charge in [0.1, 0.15) is 22.3 Å². The zero-order chi connectivity index (χ0) is 36.0. The van der Waals surface area contributed by atoms with E-state index in [9.17, 15) is 0 Å². The minimum atomic E-state index is 0.606. The Morgan fingerprint density at radius 1 is 0.400 bits per heavy atom. The van der Waals surface area contributed by atoms with E-state index in [0.29, 0.717) is 5.82 Å². The molecule has 4 heterocycles. The quantitative estimate of drug-likeness (QED) is 0.183. The number of benzene rings is 8. The summed E-state index contributed by atoms with van der Waals surface area (Å²) in [7, 11) is 0. The highest BCUT2D eigenvalue weighted by atomic mass is 16.3. The van der Waals surface area contributed by atoms with Gasteiger partial charge in [0.15, 0.2) is 5.82 Å². The topological polar surface area (TPSA) is 57.0 Å². The lowest BCUT2D eigenvalue weighted by molar-refractivity contribution is 0.668. The molecule has 0 aliphatic carbocycles. The Hall–Kier alpha value is -7.50. The first-order valence-corrected chi connectivity index (χ1v) is 18.5. The van der Waals surface area contributed by atoms with Gasteiger partial charge in [-0.1, -0.05) is 121 Å². The number of para-hydroxylation sites is 4. The van der Waals surface area contributed by atoms with Crippen molar-refractivity contribution in [3.8, 4) is 39.6 Å². The number of nitrogens with zero attached hydrogens (tertiary/aromatic N) is 3. The monoisotopic (exact) mass is 703 g/mol. The predicted octanol–water partition coefficient (Wildman–Crippen LogP) is 13.5. The van der Waals surface area contributed by atoms with E-state index in [4.69, 9.17) is 18.8 Å². The van der Waals surface area contributed by atoms with Crippen LogP contribution in [0.5, 0.6) is 0 Å². The Labute approximate surface area is 314 Å². The fourth-order valence-corrected chi connectivity index (χ4v) is 8.49. The molecular formula is C50H29N3O2. The van der Waals surface area contributed by atoms with E-state index in [-0.39, 0.29) is 0 Å². The molecule has 0 aliphatic rings. The molecule has 256 valence electrons. The van der Waals surface area contributed by atoms with Gasteiger partial charge in [0, 0.05) is 55.1 Å². The predicted molar refractivity (Wildman–Crippen MR) is 225 cm³/mol. The fourth-order valence-electron chi connectivity index (χ4n) is 8.49. The summed E-state index contributed by atoms with van der Waals surface area (Å²) >= 11 is 0. The van der Waals surface area contributed by atoms with E-state index in [1.54, 1.807) is 0 Å². The van der Waals surface area contributed by atoms with Gasteiger partial charge in [-0.15, -0.1) is 0 Å². The maximum Gasteiger partial charge on any atom is 0.161 e. The second kappa shape index (κ2) is 11.5. The number of fused-ring (bicyclic) bond motifs is 10. The van der Waals surface area contributed by atoms with E-state index in [2.05, 4.69) is 132 Å². The van der Waals surface area contributed by atoms with Gasteiger partial charge < -0.3 is 13.4 Å². The lowest BCUT2D eigenvalue weighted by Gasteiger charge is -2.13. The molecule has 5 nitrogen and oxygen atoms in total. The largest absolute Gasteiger partial charge is 0.456 e. The zero-order valence-corrected chi connectivity index (χ0v) is 29.4. The normalized spacial score (nSPS) is 12.0. The number of aromatic nitrogens is 3. The van der Waals surface area contributed by atoms with Crippen LogP contribution in [-0.4, -0.2) is 14.5 Å². The van der Waals surface area contributed by atoms with Crippen molar-refractivity contribution in [2.24, 2.45) is 0 Å². The minimum Gasteiger partial charge on any atom is -0.456 e. The molecule has 0 amide bonds. The van der Waals surface area contributed by atoms with Crippen molar-refractivity contribution < 1.29 is 8.83 Å². The van der Waals surface area contributed by atoms with Crippen molar-refractivity contribution in [2.45, 2.75) is 0 Å². The van der Waals surface area contributed by atoms with Crippen molar-refractivity contribution >= 4 is 76.5 Å². The second-order valence-corrected chi connectivity index (χ2v) is 14.1. The highest BCUT2D eigenvalue weighted by Crippen LogP contribution is 2.42. The van der Waals surface area contributed by atoms with Crippen LogP contribution in [0.3, 0.4) is 0 Å². The molecule has 55 heavy (non-hydrogen) atoms. The third-order valence-corrected chi connectivity index (χ3v) is 11.0. The van der Waals surface area contributed by atoms with Crippen molar-refractivity contribution in [3.63, 3.8) is 0 Å². The molecule has 0 saturated carbocycles. The smallest absolute Gasteiger partial charge is 0.161 e. The summed E-state index contributed by atoms with van der Waals surface area (Å²) in [5.74, 6) is 0.606. The molecule has 0 unspecified atom stereocenters. The molecule has 0 N–H and O–H groups in total. The third kappa shape index (κ3) is 4.53. The van der Waals surface area contributed by atoms with Gasteiger partial charge in [0.05, 0.1) is 28.1 Å². The van der Waals surface area contributed by atoms with Crippen LogP contribution in [0.25, 0.3) is 116 Å². The van der Waals surface area contributed by atoms with Crippen LogP contribution >= 0.6 is 0 Å². The zero-order valence-electron chi connectivity index (χ0n) is 29.4. The van der Waals surface area contributed by atoms with Gasteiger partial charge in [-0.25, -0.2) is 9.97 Å². The molecule has 0 spiro atoms. The van der Waals surface area contributed by atoms with Gasteiger partial charge >= 0.3 is 0 Å². The standard InChI is InChI=1S/C50H29N3O2/c1-2-13-30(14-3-1)41-29-42(37-21-12-20-36-35-18-7-10-23-45(35)55-49(36)37)52-50(51-41)40-27-33(28-47-48(40)38-19-8-11-24-46(38)54-47)53-43-22-9-6-17-34(43)39-25-31-15-4-5-16-32(31)26-44(39)53/h1-29H. The van der Waals surface area contributed by atoms with Crippen LogP contribution in [0.2, 0.25) is 0 Å². The first-order chi connectivity index (χ1) is 27.2. The van der Waals surface area contributed by atoms with Gasteiger partial charge in [-0.3, -0.25) is 0 Å².